The van der Waals surface area contributed by atoms with E-state index in [-0.39, 0.29) is 43.1 Å². The van der Waals surface area contributed by atoms with Crippen molar-refractivity contribution in [3.63, 3.8) is 0 Å². The predicted octanol–water partition coefficient (Wildman–Crippen LogP) is 2.20. The van der Waals surface area contributed by atoms with E-state index in [0.29, 0.717) is 35.7 Å². The summed E-state index contributed by atoms with van der Waals surface area (Å²) < 4.78 is 17.3. The second-order valence-electron chi connectivity index (χ2n) is 10.2. The molecule has 0 saturated heterocycles. The van der Waals surface area contributed by atoms with E-state index in [0.717, 1.165) is 12.6 Å². The lowest BCUT2D eigenvalue weighted by Crippen LogP contribution is -2.34. The molecule has 0 aromatic carbocycles. The summed E-state index contributed by atoms with van der Waals surface area (Å²) in [7, 11) is 0. The van der Waals surface area contributed by atoms with Crippen LogP contribution in [0, 0.1) is 12.7 Å². The Morgan fingerprint density at radius 2 is 1.98 bits per heavy atom. The van der Waals surface area contributed by atoms with Crippen molar-refractivity contribution in [3.05, 3.63) is 68.5 Å². The highest BCUT2D eigenvalue weighted by atomic mass is 19.1. The number of pyridine rings is 2. The Balaban J connectivity index is 0.00000169. The van der Waals surface area contributed by atoms with Gasteiger partial charge in [0.2, 0.25) is 17.7 Å². The van der Waals surface area contributed by atoms with Crippen molar-refractivity contribution in [2.45, 2.75) is 66.6 Å². The van der Waals surface area contributed by atoms with Gasteiger partial charge >= 0.3 is 5.69 Å². The molecule has 0 aliphatic heterocycles. The van der Waals surface area contributed by atoms with Crippen molar-refractivity contribution in [2.24, 2.45) is 0 Å². The number of nitrogens with one attached hydrogen (secondary N) is 3. The van der Waals surface area contributed by atoms with Gasteiger partial charge in [0.1, 0.15) is 0 Å². The van der Waals surface area contributed by atoms with Crippen molar-refractivity contribution in [3.8, 4) is 17.1 Å². The third-order valence-electron chi connectivity index (χ3n) is 6.53. The van der Waals surface area contributed by atoms with Crippen molar-refractivity contribution in [2.75, 3.05) is 18.4 Å². The molecular weight excluding hydrogens is 573 g/mol. The summed E-state index contributed by atoms with van der Waals surface area (Å²) in [5, 5.41) is 21.8. The van der Waals surface area contributed by atoms with Gasteiger partial charge in [-0.3, -0.25) is 14.4 Å². The summed E-state index contributed by atoms with van der Waals surface area (Å²) in [6, 6.07) is 4.45. The van der Waals surface area contributed by atoms with Crippen molar-refractivity contribution in [1.29, 1.82) is 0 Å². The first-order valence-corrected chi connectivity index (χ1v) is 14.2. The van der Waals surface area contributed by atoms with Crippen LogP contribution in [0.2, 0.25) is 0 Å². The first-order chi connectivity index (χ1) is 21.0. The highest BCUT2D eigenvalue weighted by molar-refractivity contribution is 5.76. The van der Waals surface area contributed by atoms with Gasteiger partial charge in [-0.15, -0.1) is 0 Å². The second-order valence-corrected chi connectivity index (χ2v) is 10.2. The molecule has 0 saturated carbocycles. The number of amides is 2. The van der Waals surface area contributed by atoms with Gasteiger partial charge in [0, 0.05) is 55.6 Å². The number of H-pyrrole nitrogens is 1. The molecule has 0 radical (unpaired) electrons. The van der Waals surface area contributed by atoms with E-state index in [1.54, 1.807) is 28.5 Å². The van der Waals surface area contributed by atoms with Crippen LogP contribution in [0.25, 0.3) is 17.0 Å². The molecule has 14 nitrogen and oxygen atoms in total. The number of hydrogen-bond donors (Lipinski definition) is 4. The molecular formula is C29H38FN9O5. The van der Waals surface area contributed by atoms with Gasteiger partial charge in [-0.1, -0.05) is 20.3 Å². The lowest BCUT2D eigenvalue weighted by molar-refractivity contribution is -0.121. The van der Waals surface area contributed by atoms with Crippen LogP contribution in [-0.2, 0) is 22.7 Å². The van der Waals surface area contributed by atoms with Gasteiger partial charge in [-0.05, 0) is 32.9 Å². The van der Waals surface area contributed by atoms with Crippen LogP contribution in [0.4, 0.5) is 10.2 Å². The molecule has 15 heteroatoms. The molecule has 0 fully saturated rings. The minimum Gasteiger partial charge on any atom is -0.503 e. The lowest BCUT2D eigenvalue weighted by atomic mass is 10.2. The maximum absolute atomic E-state index is 14.4. The molecule has 0 bridgehead atoms. The number of carbonyl (C=O) groups is 2. The average molecular weight is 612 g/mol. The molecule has 236 valence electrons. The fourth-order valence-corrected chi connectivity index (χ4v) is 4.17. The number of hydrogen-bond acceptors (Lipinski definition) is 9. The zero-order valence-corrected chi connectivity index (χ0v) is 25.4. The molecule has 0 atom stereocenters. The van der Waals surface area contributed by atoms with Gasteiger partial charge in [0.05, 0.1) is 18.4 Å². The van der Waals surface area contributed by atoms with Crippen LogP contribution in [0.1, 0.15) is 51.9 Å². The van der Waals surface area contributed by atoms with Gasteiger partial charge in [0.15, 0.2) is 28.9 Å². The molecule has 2 amide bonds. The monoisotopic (exact) mass is 611 g/mol. The van der Waals surface area contributed by atoms with Gasteiger partial charge in [-0.2, -0.15) is 5.10 Å². The Kier molecular flexibility index (Phi) is 11.7. The predicted molar refractivity (Wildman–Crippen MR) is 163 cm³/mol. The molecule has 4 aromatic rings. The van der Waals surface area contributed by atoms with Crippen molar-refractivity contribution >= 4 is 23.8 Å². The first kappa shape index (κ1) is 33.4. The molecule has 4 rings (SSSR count). The average Bonchev–Trinajstić information content (AvgIpc) is 3.37. The summed E-state index contributed by atoms with van der Waals surface area (Å²) in [6.07, 6.45) is 4.42. The molecule has 4 heterocycles. The number of nitrogens with zero attached hydrogens (tertiary/aromatic N) is 6. The van der Waals surface area contributed by atoms with E-state index in [2.05, 4.69) is 44.6 Å². The van der Waals surface area contributed by atoms with Crippen LogP contribution >= 0.6 is 0 Å². The quantitative estimate of drug-likeness (QED) is 0.175. The topological polar surface area (TPSA) is 180 Å². The molecule has 0 aliphatic rings. The Morgan fingerprint density at radius 3 is 2.66 bits per heavy atom. The second kappa shape index (κ2) is 15.4. The zero-order valence-electron chi connectivity index (χ0n) is 25.4. The third kappa shape index (κ3) is 8.26. The van der Waals surface area contributed by atoms with Crippen LogP contribution in [-0.4, -0.2) is 70.6 Å². The zero-order chi connectivity index (χ0) is 32.4. The Morgan fingerprint density at radius 1 is 1.25 bits per heavy atom. The Bertz CT molecular complexity index is 1710. The van der Waals surface area contributed by atoms with Crippen LogP contribution in [0.15, 0.2) is 40.2 Å². The molecule has 4 aromatic heterocycles. The molecule has 44 heavy (non-hydrogen) atoms. The van der Waals surface area contributed by atoms with Crippen LogP contribution in [0.3, 0.4) is 0 Å². The summed E-state index contributed by atoms with van der Waals surface area (Å²) in [5.41, 5.74) is 0.634. The maximum Gasteiger partial charge on any atom is 0.347 e. The van der Waals surface area contributed by atoms with E-state index in [1.165, 1.54) is 23.1 Å². The minimum atomic E-state index is -0.718. The number of carbonyl (C=O) groups excluding carboxylic acids is 2. The lowest BCUT2D eigenvalue weighted by Gasteiger charge is -2.25. The summed E-state index contributed by atoms with van der Waals surface area (Å²) in [4.78, 5) is 57.7. The largest absolute Gasteiger partial charge is 0.503 e. The number of fused-ring (bicyclic) bond motifs is 1. The molecule has 4 N–H and O–H groups in total. The van der Waals surface area contributed by atoms with E-state index >= 15 is 0 Å². The number of aromatic hydroxyl groups is 1. The van der Waals surface area contributed by atoms with E-state index in [4.69, 9.17) is 0 Å². The SMILES string of the molecule is CCC.Cc1c(O)c(=O)cc(CNC(=O)CCNc2nc(-c3ccc4n[nH]c(=O)n4c3)ncc2F)n1CCN(C=O)C(C)C. The van der Waals surface area contributed by atoms with Gasteiger partial charge in [-0.25, -0.2) is 28.7 Å². The summed E-state index contributed by atoms with van der Waals surface area (Å²) in [5.74, 6) is -1.44. The number of rotatable bonds is 12. The minimum absolute atomic E-state index is 0.000163. The molecule has 0 aliphatic carbocycles. The van der Waals surface area contributed by atoms with Crippen LogP contribution < -0.4 is 21.8 Å². The van der Waals surface area contributed by atoms with Crippen LogP contribution in [0.5, 0.6) is 5.75 Å². The smallest absolute Gasteiger partial charge is 0.347 e. The fourth-order valence-electron chi connectivity index (χ4n) is 4.17. The standard InChI is InChI=1S/C26H30FN9O5.C3H8/c1-15(2)34(14-37)8-9-35-16(3)23(40)20(38)10-18(35)11-29-22(39)6-7-28-25-19(27)12-30-24(31-25)17-4-5-21-32-33-26(41)36(21)13-17;1-3-2/h4-5,10,12-15,40H,6-9,11H2,1-3H3,(H,29,39)(H,33,41)(H,28,30,31);3H2,1-2H3. The van der Waals surface area contributed by atoms with Gasteiger partial charge in [0.25, 0.3) is 0 Å². The maximum atomic E-state index is 14.4. The Labute approximate surface area is 253 Å². The number of halogens is 1. The van der Waals surface area contributed by atoms with E-state index in [1.807, 2.05) is 13.8 Å². The van der Waals surface area contributed by atoms with E-state index in [9.17, 15) is 28.7 Å². The fraction of sp³-hybridized carbons (Fsp3) is 0.414. The van der Waals surface area contributed by atoms with Gasteiger partial charge < -0.3 is 25.2 Å². The highest BCUT2D eigenvalue weighted by Gasteiger charge is 2.15. The Hall–Kier alpha value is -5.08. The van der Waals surface area contributed by atoms with Crippen molar-refractivity contribution in [1.82, 2.24) is 39.3 Å². The summed E-state index contributed by atoms with van der Waals surface area (Å²) in [6.45, 7) is 10.3. The number of anilines is 1. The first-order valence-electron chi connectivity index (χ1n) is 14.2. The molecule has 0 unspecified atom stereocenters. The summed E-state index contributed by atoms with van der Waals surface area (Å²) >= 11 is 0. The normalized spacial score (nSPS) is 10.8. The highest BCUT2D eigenvalue weighted by Crippen LogP contribution is 2.19. The third-order valence-corrected chi connectivity index (χ3v) is 6.53. The van der Waals surface area contributed by atoms with E-state index < -0.39 is 22.7 Å². The molecule has 0 spiro atoms. The number of aromatic amines is 1. The van der Waals surface area contributed by atoms with Crippen molar-refractivity contribution < 1.29 is 19.1 Å². The number of aromatic nitrogens is 6.